The molecule has 0 aliphatic rings. The summed E-state index contributed by atoms with van der Waals surface area (Å²) in [6.45, 7) is 6.27. The number of carbonyl (C=O) groups is 1. The summed E-state index contributed by atoms with van der Waals surface area (Å²) in [5.41, 5.74) is 7.02. The fourth-order valence-corrected chi connectivity index (χ4v) is 3.68. The van der Waals surface area contributed by atoms with E-state index in [1.54, 1.807) is 20.8 Å². The lowest BCUT2D eigenvalue weighted by Gasteiger charge is -2.14. The van der Waals surface area contributed by atoms with E-state index in [1.807, 2.05) is 0 Å². The first-order chi connectivity index (χ1) is 15.0. The number of aryl methyl sites for hydroxylation is 1. The van der Waals surface area contributed by atoms with E-state index in [1.165, 1.54) is 25.3 Å². The van der Waals surface area contributed by atoms with E-state index in [0.717, 1.165) is 0 Å². The van der Waals surface area contributed by atoms with Gasteiger partial charge in [-0.05, 0) is 55.8 Å². The van der Waals surface area contributed by atoms with Crippen LogP contribution in [-0.4, -0.2) is 28.2 Å². The first-order valence-corrected chi connectivity index (χ1v) is 11.5. The number of carbonyl (C=O) groups excluding carboxylic acids is 1. The number of aromatic hydroxyl groups is 1. The third kappa shape index (κ3) is 6.59. The van der Waals surface area contributed by atoms with Crippen molar-refractivity contribution in [3.63, 3.8) is 0 Å². The Bertz CT molecular complexity index is 1020. The van der Waals surface area contributed by atoms with Gasteiger partial charge >= 0.3 is 14.1 Å². The highest BCUT2D eigenvalue weighted by atomic mass is 79.9. The Morgan fingerprint density at radius 2 is 2.09 bits per heavy atom. The number of esters is 1. The first kappa shape index (κ1) is 25.9. The lowest BCUT2D eigenvalue weighted by molar-refractivity contribution is -0.170. The van der Waals surface area contributed by atoms with Crippen LogP contribution in [-0.2, 0) is 22.7 Å². The molecule has 2 aromatic rings. The Morgan fingerprint density at radius 1 is 1.41 bits per heavy atom. The minimum atomic E-state index is -2.76. The molecule has 0 saturated heterocycles. The van der Waals surface area contributed by atoms with Crippen molar-refractivity contribution < 1.29 is 33.2 Å². The van der Waals surface area contributed by atoms with Crippen LogP contribution in [0.1, 0.15) is 37.6 Å². The molecule has 0 spiro atoms. The van der Waals surface area contributed by atoms with Crippen LogP contribution in [0.2, 0.25) is 0 Å². The quantitative estimate of drug-likeness (QED) is 0.369. The second-order valence-corrected chi connectivity index (χ2v) is 8.73. The molecule has 1 aromatic carbocycles. The number of hydrogen-bond acceptors (Lipinski definition) is 9. The van der Waals surface area contributed by atoms with Gasteiger partial charge in [0, 0.05) is 23.9 Å². The predicted molar refractivity (Wildman–Crippen MR) is 118 cm³/mol. The average Bonchev–Trinajstić information content (AvgIpc) is 2.72. The average molecular weight is 532 g/mol. The highest BCUT2D eigenvalue weighted by Crippen LogP contribution is 2.38. The van der Waals surface area contributed by atoms with Crippen LogP contribution in [0.4, 0.5) is 4.39 Å². The van der Waals surface area contributed by atoms with Gasteiger partial charge in [0.15, 0.2) is 11.8 Å². The van der Waals surface area contributed by atoms with Crippen LogP contribution in [0.15, 0.2) is 27.5 Å². The summed E-state index contributed by atoms with van der Waals surface area (Å²) >= 11 is 3.20. The number of benzene rings is 1. The molecule has 9 nitrogen and oxygen atoms in total. The van der Waals surface area contributed by atoms with Crippen LogP contribution in [0, 0.1) is 12.7 Å². The molecule has 0 saturated carbocycles. The molecule has 2 atom stereocenters. The predicted octanol–water partition coefficient (Wildman–Crippen LogP) is 3.61. The minimum absolute atomic E-state index is 0.0418. The lowest BCUT2D eigenvalue weighted by Crippen LogP contribution is -2.21. The summed E-state index contributed by atoms with van der Waals surface area (Å²) in [5, 5.41) is 10.1. The molecule has 1 heterocycles. The van der Waals surface area contributed by atoms with Crippen molar-refractivity contribution in [1.82, 2.24) is 4.98 Å². The smallest absolute Gasteiger partial charge is 0.395 e. The summed E-state index contributed by atoms with van der Waals surface area (Å²) in [6.07, 6.45) is 1.13. The molecule has 1 unspecified atom stereocenters. The van der Waals surface area contributed by atoms with Gasteiger partial charge < -0.3 is 25.2 Å². The number of aromatic nitrogens is 1. The fraction of sp³-hybridized carbons (Fsp3) is 0.400. The third-order valence-corrected chi connectivity index (χ3v) is 5.67. The highest BCUT2D eigenvalue weighted by Gasteiger charge is 2.23. The standard InChI is InChI=1S/C20H24BrFN3O6P/c1-10(2)30-20(27)12(4)25-32(28)31-16-6-5-15(21)19(17(16)22)29-9-13-8-24-11(3)18(26)14(13)7-23/h5-6,8,10,12,26H,7,9,23H2,1-4H3/t12-/m0/s1. The maximum Gasteiger partial charge on any atom is 0.395 e. The van der Waals surface area contributed by atoms with E-state index < -0.39 is 26.0 Å². The molecular weight excluding hydrogens is 508 g/mol. The Hall–Kier alpha value is -2.33. The molecular formula is C20H24BrFN3O6P. The van der Waals surface area contributed by atoms with Crippen molar-refractivity contribution in [3.8, 4) is 17.2 Å². The normalized spacial score (nSPS) is 12.6. The van der Waals surface area contributed by atoms with Crippen molar-refractivity contribution in [2.75, 3.05) is 0 Å². The number of halogens is 2. The first-order valence-electron chi connectivity index (χ1n) is 9.58. The van der Waals surface area contributed by atoms with Crippen molar-refractivity contribution >= 4 is 30.1 Å². The second-order valence-electron chi connectivity index (χ2n) is 6.98. The molecule has 32 heavy (non-hydrogen) atoms. The van der Waals surface area contributed by atoms with E-state index in [-0.39, 0.29) is 41.0 Å². The Morgan fingerprint density at radius 3 is 2.72 bits per heavy atom. The summed E-state index contributed by atoms with van der Waals surface area (Å²) in [6, 6.07) is 1.64. The molecule has 174 valence electrons. The van der Waals surface area contributed by atoms with Gasteiger partial charge in [0.2, 0.25) is 11.6 Å². The maximum absolute atomic E-state index is 15.0. The topological polar surface area (TPSA) is 139 Å². The summed E-state index contributed by atoms with van der Waals surface area (Å²) < 4.78 is 34.6. The SMILES string of the molecule is Cc1ncc(COc2c(Br)ccc(O[P+]([O-])=N[C@@H](C)C(=O)OC(C)C)c2F)c(CN)c1O. The van der Waals surface area contributed by atoms with Gasteiger partial charge in [-0.25, -0.2) is 4.79 Å². The lowest BCUT2D eigenvalue weighted by atomic mass is 10.1. The monoisotopic (exact) mass is 531 g/mol. The molecule has 12 heteroatoms. The molecule has 1 aromatic heterocycles. The second kappa shape index (κ2) is 11.5. The molecule has 0 aliphatic carbocycles. The molecule has 0 radical (unpaired) electrons. The molecule has 0 bridgehead atoms. The molecule has 0 fully saturated rings. The Labute approximate surface area is 194 Å². The zero-order chi connectivity index (χ0) is 24.0. The zero-order valence-corrected chi connectivity index (χ0v) is 20.4. The highest BCUT2D eigenvalue weighted by molar-refractivity contribution is 9.10. The molecule has 2 rings (SSSR count). The van der Waals surface area contributed by atoms with Crippen LogP contribution in [0.5, 0.6) is 17.2 Å². The number of hydrogen-bond donors (Lipinski definition) is 2. The van der Waals surface area contributed by atoms with Crippen LogP contribution < -0.4 is 19.9 Å². The zero-order valence-electron chi connectivity index (χ0n) is 18.0. The summed E-state index contributed by atoms with van der Waals surface area (Å²) in [7, 11) is -2.76. The van der Waals surface area contributed by atoms with Crippen molar-refractivity contribution in [1.29, 1.82) is 0 Å². The number of rotatable bonds is 9. The Kier molecular flexibility index (Phi) is 9.33. The molecule has 3 N–H and O–H groups in total. The summed E-state index contributed by atoms with van der Waals surface area (Å²) in [4.78, 5) is 28.0. The summed E-state index contributed by atoms with van der Waals surface area (Å²) in [5.74, 6) is -2.22. The Balaban J connectivity index is 2.20. The van der Waals surface area contributed by atoms with E-state index in [2.05, 4.69) is 25.7 Å². The van der Waals surface area contributed by atoms with E-state index in [4.69, 9.17) is 19.7 Å². The van der Waals surface area contributed by atoms with Gasteiger partial charge in [-0.15, -0.1) is 0 Å². The van der Waals surface area contributed by atoms with Crippen LogP contribution in [0.25, 0.3) is 0 Å². The third-order valence-electron chi connectivity index (χ3n) is 4.16. The van der Waals surface area contributed by atoms with E-state index in [0.29, 0.717) is 16.8 Å². The van der Waals surface area contributed by atoms with Gasteiger partial charge in [0.1, 0.15) is 12.4 Å². The van der Waals surface area contributed by atoms with Crippen LogP contribution >= 0.6 is 24.1 Å². The number of ether oxygens (including phenoxy) is 2. The van der Waals surface area contributed by atoms with Crippen LogP contribution in [0.3, 0.4) is 0 Å². The molecule has 0 aliphatic heterocycles. The van der Waals surface area contributed by atoms with Crippen molar-refractivity contribution in [2.24, 2.45) is 10.5 Å². The van der Waals surface area contributed by atoms with Crippen molar-refractivity contribution in [2.45, 2.75) is 53.0 Å². The maximum atomic E-state index is 15.0. The van der Waals surface area contributed by atoms with Gasteiger partial charge in [0.05, 0.1) is 16.3 Å². The largest absolute Gasteiger partial charge is 0.575 e. The number of nitrogens with zero attached hydrogens (tertiary/aromatic N) is 2. The van der Waals surface area contributed by atoms with Gasteiger partial charge in [0.25, 0.3) is 0 Å². The van der Waals surface area contributed by atoms with E-state index in [9.17, 15) is 19.2 Å². The molecule has 0 amide bonds. The number of pyridine rings is 1. The van der Waals surface area contributed by atoms with E-state index >= 15 is 0 Å². The number of nitrogens with two attached hydrogens (primary N) is 1. The minimum Gasteiger partial charge on any atom is -0.575 e. The van der Waals surface area contributed by atoms with Crippen molar-refractivity contribution in [3.05, 3.63) is 45.4 Å². The van der Waals surface area contributed by atoms with Gasteiger partial charge in [-0.1, -0.05) is 4.74 Å². The fourth-order valence-electron chi connectivity index (χ4n) is 2.53. The van der Waals surface area contributed by atoms with Gasteiger partial charge in [-0.3, -0.25) is 9.51 Å². The van der Waals surface area contributed by atoms with Gasteiger partial charge in [-0.2, -0.15) is 4.39 Å².